The van der Waals surface area contributed by atoms with E-state index in [1.54, 1.807) is 0 Å². The van der Waals surface area contributed by atoms with Gasteiger partial charge < -0.3 is 5.32 Å². The van der Waals surface area contributed by atoms with Gasteiger partial charge in [-0.1, -0.05) is 32.6 Å². The molecule has 1 heterocycles. The molecule has 1 fully saturated rings. The number of rotatable bonds is 5. The second-order valence-electron chi connectivity index (χ2n) is 4.05. The molecule has 2 heteroatoms. The highest BCUT2D eigenvalue weighted by atomic mass is 16.2. The van der Waals surface area contributed by atoms with Gasteiger partial charge in [0, 0.05) is 6.54 Å². The summed E-state index contributed by atoms with van der Waals surface area (Å²) in [5.74, 6) is 0.249. The zero-order valence-electron chi connectivity index (χ0n) is 8.15. The van der Waals surface area contributed by atoms with Crippen LogP contribution in [0.2, 0.25) is 0 Å². The number of hydrogen-bond donors (Lipinski definition) is 1. The van der Waals surface area contributed by atoms with E-state index >= 15 is 0 Å². The molecule has 2 nitrogen and oxygen atoms in total. The summed E-state index contributed by atoms with van der Waals surface area (Å²) in [7, 11) is 0. The van der Waals surface area contributed by atoms with Gasteiger partial charge in [0.25, 0.3) is 0 Å². The fourth-order valence-electron chi connectivity index (χ4n) is 1.61. The number of carbonyl (C=O) groups is 1. The fourth-order valence-corrected chi connectivity index (χ4v) is 1.61. The Morgan fingerprint density at radius 2 is 2.17 bits per heavy atom. The fraction of sp³-hybridized carbons (Fsp3) is 0.900. The molecule has 0 radical (unpaired) electrons. The Morgan fingerprint density at radius 3 is 2.58 bits per heavy atom. The van der Waals surface area contributed by atoms with Crippen LogP contribution >= 0.6 is 0 Å². The minimum absolute atomic E-state index is 0.0201. The predicted molar refractivity (Wildman–Crippen MR) is 49.9 cm³/mol. The number of unbranched alkanes of at least 4 members (excludes halogenated alkanes) is 3. The molecule has 70 valence electrons. The summed E-state index contributed by atoms with van der Waals surface area (Å²) in [5.41, 5.74) is -0.0201. The summed E-state index contributed by atoms with van der Waals surface area (Å²) in [6, 6.07) is 0. The van der Waals surface area contributed by atoms with E-state index in [1.807, 2.05) is 0 Å². The third-order valence-corrected chi connectivity index (χ3v) is 2.77. The number of hydrogen-bond acceptors (Lipinski definition) is 1. The van der Waals surface area contributed by atoms with E-state index < -0.39 is 0 Å². The van der Waals surface area contributed by atoms with Crippen molar-refractivity contribution in [2.45, 2.75) is 46.0 Å². The monoisotopic (exact) mass is 169 g/mol. The maximum absolute atomic E-state index is 11.1. The Hall–Kier alpha value is -0.530. The third kappa shape index (κ3) is 1.99. The maximum atomic E-state index is 11.1. The van der Waals surface area contributed by atoms with E-state index in [0.717, 1.165) is 13.0 Å². The number of amides is 1. The molecule has 1 atom stereocenters. The van der Waals surface area contributed by atoms with Crippen molar-refractivity contribution < 1.29 is 4.79 Å². The summed E-state index contributed by atoms with van der Waals surface area (Å²) in [5, 5.41) is 2.80. The van der Waals surface area contributed by atoms with E-state index in [9.17, 15) is 4.79 Å². The van der Waals surface area contributed by atoms with Gasteiger partial charge in [0.1, 0.15) is 0 Å². The first-order valence-electron chi connectivity index (χ1n) is 4.97. The van der Waals surface area contributed by atoms with Gasteiger partial charge in [0.15, 0.2) is 0 Å². The van der Waals surface area contributed by atoms with Crippen molar-refractivity contribution in [3.8, 4) is 0 Å². The smallest absolute Gasteiger partial charge is 0.227 e. The lowest BCUT2D eigenvalue weighted by Crippen LogP contribution is -2.57. The van der Waals surface area contributed by atoms with Crippen LogP contribution in [0.4, 0.5) is 0 Å². The number of β-lactam (4-membered cyclic amide) rings is 1. The van der Waals surface area contributed by atoms with Crippen LogP contribution in [-0.4, -0.2) is 12.5 Å². The highest BCUT2D eigenvalue weighted by molar-refractivity contribution is 5.88. The van der Waals surface area contributed by atoms with Crippen molar-refractivity contribution in [1.29, 1.82) is 0 Å². The Balaban J connectivity index is 2.10. The van der Waals surface area contributed by atoms with Crippen LogP contribution in [0.15, 0.2) is 0 Å². The van der Waals surface area contributed by atoms with Crippen LogP contribution in [0, 0.1) is 5.41 Å². The van der Waals surface area contributed by atoms with Crippen LogP contribution in [-0.2, 0) is 4.79 Å². The minimum atomic E-state index is -0.0201. The third-order valence-electron chi connectivity index (χ3n) is 2.77. The first-order valence-corrected chi connectivity index (χ1v) is 4.97. The first kappa shape index (κ1) is 9.56. The topological polar surface area (TPSA) is 29.1 Å². The second kappa shape index (κ2) is 3.92. The molecule has 1 unspecified atom stereocenters. The van der Waals surface area contributed by atoms with Gasteiger partial charge in [-0.3, -0.25) is 4.79 Å². The molecule has 0 bridgehead atoms. The van der Waals surface area contributed by atoms with Crippen molar-refractivity contribution in [3.63, 3.8) is 0 Å². The largest absolute Gasteiger partial charge is 0.355 e. The molecule has 0 aromatic carbocycles. The van der Waals surface area contributed by atoms with Crippen molar-refractivity contribution in [1.82, 2.24) is 5.32 Å². The first-order chi connectivity index (χ1) is 5.69. The van der Waals surface area contributed by atoms with Crippen molar-refractivity contribution in [2.24, 2.45) is 5.41 Å². The standard InChI is InChI=1S/C10H19NO/c1-3-4-5-6-7-10(2)8-11-9(10)12/h3-8H2,1-2H3,(H,11,12). The number of carbonyl (C=O) groups excluding carboxylic acids is 1. The highest BCUT2D eigenvalue weighted by Gasteiger charge is 2.40. The van der Waals surface area contributed by atoms with Crippen LogP contribution in [0.3, 0.4) is 0 Å². The van der Waals surface area contributed by atoms with Crippen LogP contribution in [0.1, 0.15) is 46.0 Å². The molecule has 1 amide bonds. The zero-order valence-corrected chi connectivity index (χ0v) is 8.15. The quantitative estimate of drug-likeness (QED) is 0.495. The minimum Gasteiger partial charge on any atom is -0.355 e. The van der Waals surface area contributed by atoms with Crippen molar-refractivity contribution in [3.05, 3.63) is 0 Å². The van der Waals surface area contributed by atoms with E-state index in [0.29, 0.717) is 0 Å². The van der Waals surface area contributed by atoms with Crippen molar-refractivity contribution >= 4 is 5.91 Å². The molecule has 0 saturated carbocycles. The molecule has 1 aliphatic rings. The van der Waals surface area contributed by atoms with Crippen LogP contribution < -0.4 is 5.32 Å². The molecule has 0 aliphatic carbocycles. The van der Waals surface area contributed by atoms with Gasteiger partial charge in [0.05, 0.1) is 5.41 Å². The SMILES string of the molecule is CCCCCCC1(C)CNC1=O. The summed E-state index contributed by atoms with van der Waals surface area (Å²) < 4.78 is 0. The van der Waals surface area contributed by atoms with Gasteiger partial charge in [-0.05, 0) is 13.3 Å². The van der Waals surface area contributed by atoms with Gasteiger partial charge in [-0.2, -0.15) is 0 Å². The van der Waals surface area contributed by atoms with Gasteiger partial charge in [0.2, 0.25) is 5.91 Å². The molecule has 0 spiro atoms. The molecule has 0 aromatic rings. The normalized spacial score (nSPS) is 28.0. The molecular weight excluding hydrogens is 150 g/mol. The second-order valence-corrected chi connectivity index (χ2v) is 4.05. The Kier molecular flexibility index (Phi) is 3.12. The summed E-state index contributed by atoms with van der Waals surface area (Å²) in [6.07, 6.45) is 6.12. The Morgan fingerprint density at radius 1 is 1.42 bits per heavy atom. The molecule has 0 aromatic heterocycles. The predicted octanol–water partition coefficient (Wildman–Crippen LogP) is 2.09. The Bertz CT molecular complexity index is 167. The van der Waals surface area contributed by atoms with Gasteiger partial charge >= 0.3 is 0 Å². The lowest BCUT2D eigenvalue weighted by Gasteiger charge is -2.37. The van der Waals surface area contributed by atoms with Crippen LogP contribution in [0.5, 0.6) is 0 Å². The molecule has 1 rings (SSSR count). The van der Waals surface area contributed by atoms with Gasteiger partial charge in [-0.25, -0.2) is 0 Å². The molecule has 1 aliphatic heterocycles. The lowest BCUT2D eigenvalue weighted by atomic mass is 9.78. The van der Waals surface area contributed by atoms with Crippen molar-refractivity contribution in [2.75, 3.05) is 6.54 Å². The molecule has 1 saturated heterocycles. The highest BCUT2D eigenvalue weighted by Crippen LogP contribution is 2.29. The van der Waals surface area contributed by atoms with E-state index in [-0.39, 0.29) is 11.3 Å². The average molecular weight is 169 g/mol. The molecular formula is C10H19NO. The number of nitrogens with one attached hydrogen (secondary N) is 1. The maximum Gasteiger partial charge on any atom is 0.227 e. The lowest BCUT2D eigenvalue weighted by molar-refractivity contribution is -0.139. The van der Waals surface area contributed by atoms with E-state index in [4.69, 9.17) is 0 Å². The average Bonchev–Trinajstić information content (AvgIpc) is 2.09. The molecule has 12 heavy (non-hydrogen) atoms. The Labute approximate surface area is 74.7 Å². The summed E-state index contributed by atoms with van der Waals surface area (Å²) >= 11 is 0. The summed E-state index contributed by atoms with van der Waals surface area (Å²) in [4.78, 5) is 11.1. The molecule has 1 N–H and O–H groups in total. The van der Waals surface area contributed by atoms with Gasteiger partial charge in [-0.15, -0.1) is 0 Å². The van der Waals surface area contributed by atoms with E-state index in [2.05, 4.69) is 19.2 Å². The van der Waals surface area contributed by atoms with Crippen LogP contribution in [0.25, 0.3) is 0 Å². The summed E-state index contributed by atoms with van der Waals surface area (Å²) in [6.45, 7) is 5.16. The van der Waals surface area contributed by atoms with E-state index in [1.165, 1.54) is 25.7 Å². The zero-order chi connectivity index (χ0) is 9.03.